The maximum atomic E-state index is 4.24. The van der Waals surface area contributed by atoms with E-state index in [0.29, 0.717) is 14.5 Å². The molecule has 72 valence electrons. The first kappa shape index (κ1) is 9.91. The first-order chi connectivity index (χ1) is 6.79. The van der Waals surface area contributed by atoms with Gasteiger partial charge in [-0.05, 0) is 0 Å². The molecule has 0 aliphatic rings. The fraction of sp³-hybridized carbons (Fsp3) is 0.182. The van der Waals surface area contributed by atoms with Crippen LogP contribution in [0.2, 0.25) is 0 Å². The summed E-state index contributed by atoms with van der Waals surface area (Å²) in [6.07, 6.45) is 0. The van der Waals surface area contributed by atoms with Crippen molar-refractivity contribution in [3.63, 3.8) is 0 Å². The van der Waals surface area contributed by atoms with Crippen LogP contribution in [0.3, 0.4) is 0 Å². The molecule has 0 radical (unpaired) electrons. The fourth-order valence-electron chi connectivity index (χ4n) is 1.19. The summed E-state index contributed by atoms with van der Waals surface area (Å²) < 4.78 is 1.27. The molecule has 0 bridgehead atoms. The average Bonchev–Trinajstić information content (AvgIpc) is 2.67. The van der Waals surface area contributed by atoms with Crippen molar-refractivity contribution in [2.24, 2.45) is 4.99 Å². The van der Waals surface area contributed by atoms with Gasteiger partial charge in [-0.3, -0.25) is 0 Å². The van der Waals surface area contributed by atoms with E-state index in [-0.39, 0.29) is 0 Å². The van der Waals surface area contributed by atoms with Gasteiger partial charge in [-0.2, -0.15) is 0 Å². The van der Waals surface area contributed by atoms with Crippen molar-refractivity contribution in [3.05, 3.63) is 38.3 Å². The molecule has 3 heteroatoms. The van der Waals surface area contributed by atoms with E-state index < -0.39 is 0 Å². The third-order valence-electron chi connectivity index (χ3n) is 1.98. The molecule has 1 nitrogen and oxygen atoms in total. The van der Waals surface area contributed by atoms with E-state index in [1.807, 2.05) is 18.4 Å². The molecule has 14 heavy (non-hydrogen) atoms. The van der Waals surface area contributed by atoms with Crippen molar-refractivity contribution in [1.29, 1.82) is 0 Å². The summed E-state index contributed by atoms with van der Waals surface area (Å²) in [5.74, 6) is 0. The van der Waals surface area contributed by atoms with Crippen LogP contribution < -0.4 is 3.54 Å². The molecule has 0 spiro atoms. The number of benzene rings is 1. The molecule has 0 saturated carbocycles. The molecule has 2 rings (SSSR count). The molecule has 1 heterocycles. The second-order valence-corrected chi connectivity index (χ2v) is 6.47. The summed E-state index contributed by atoms with van der Waals surface area (Å²) >= 11 is 2.27. The van der Waals surface area contributed by atoms with E-state index >= 15 is 0 Å². The molecule has 0 atom stereocenters. The second-order valence-electron chi connectivity index (χ2n) is 3.06. The van der Waals surface area contributed by atoms with Crippen LogP contribution in [-0.4, -0.2) is 21.6 Å². The number of hydrogen-bond acceptors (Lipinski definition) is 2. The second kappa shape index (κ2) is 4.26. The van der Waals surface area contributed by atoms with Crippen LogP contribution in [0.4, 0.5) is 0 Å². The number of aryl methyl sites for hydroxylation is 1. The first-order valence-electron chi connectivity index (χ1n) is 4.38. The van der Waals surface area contributed by atoms with E-state index in [1.54, 1.807) is 0 Å². The molecular formula is C11H11NSSe. The summed E-state index contributed by atoms with van der Waals surface area (Å²) in [5.41, 5.74) is 2.63. The van der Waals surface area contributed by atoms with E-state index in [1.165, 1.54) is 19.5 Å². The van der Waals surface area contributed by atoms with Crippen molar-refractivity contribution in [3.8, 4) is 10.4 Å². The molecular weight excluding hydrogens is 257 g/mol. The Labute approximate surface area is 93.5 Å². The van der Waals surface area contributed by atoms with Gasteiger partial charge in [0.1, 0.15) is 0 Å². The third-order valence-corrected chi connectivity index (χ3v) is 5.82. The Morgan fingerprint density at radius 1 is 1.21 bits per heavy atom. The van der Waals surface area contributed by atoms with E-state index in [0.717, 1.165) is 0 Å². The van der Waals surface area contributed by atoms with Crippen molar-refractivity contribution in [2.45, 2.75) is 6.92 Å². The monoisotopic (exact) mass is 269 g/mol. The zero-order valence-corrected chi connectivity index (χ0v) is 10.7. The Balaban J connectivity index is 2.44. The molecule has 0 saturated heterocycles. The Hall–Kier alpha value is -0.631. The number of hydrogen-bond donors (Lipinski definition) is 0. The van der Waals surface area contributed by atoms with Gasteiger partial charge < -0.3 is 0 Å². The van der Waals surface area contributed by atoms with Gasteiger partial charge in [0.15, 0.2) is 0 Å². The summed E-state index contributed by atoms with van der Waals surface area (Å²) in [5, 5.41) is 0. The van der Waals surface area contributed by atoms with Crippen LogP contribution in [0.5, 0.6) is 0 Å². The van der Waals surface area contributed by atoms with Gasteiger partial charge >= 0.3 is 93.6 Å². The van der Waals surface area contributed by atoms with Gasteiger partial charge in [-0.15, -0.1) is 0 Å². The molecule has 0 aliphatic heterocycles. The predicted octanol–water partition coefficient (Wildman–Crippen LogP) is 2.31. The molecule has 0 amide bonds. The van der Waals surface area contributed by atoms with Gasteiger partial charge in [-0.25, -0.2) is 0 Å². The van der Waals surface area contributed by atoms with Crippen molar-refractivity contribution < 1.29 is 0 Å². The molecule has 1 aromatic carbocycles. The SMILES string of the molecule is CN=c1sc(-c2ccc(C)cc2)c[se]1. The molecule has 0 aliphatic carbocycles. The quantitative estimate of drug-likeness (QED) is 0.704. The van der Waals surface area contributed by atoms with Crippen LogP contribution in [0.1, 0.15) is 5.56 Å². The van der Waals surface area contributed by atoms with Gasteiger partial charge in [0.05, 0.1) is 0 Å². The Morgan fingerprint density at radius 2 is 1.93 bits per heavy atom. The summed E-state index contributed by atoms with van der Waals surface area (Å²) in [6, 6.07) is 8.68. The maximum absolute atomic E-state index is 4.24. The van der Waals surface area contributed by atoms with E-state index in [4.69, 9.17) is 0 Å². The molecule has 0 fully saturated rings. The minimum atomic E-state index is 0.458. The van der Waals surface area contributed by atoms with Gasteiger partial charge in [0.25, 0.3) is 0 Å². The average molecular weight is 268 g/mol. The van der Waals surface area contributed by atoms with Crippen molar-refractivity contribution in [2.75, 3.05) is 7.05 Å². The minimum absolute atomic E-state index is 0.458. The molecule has 1 aromatic heterocycles. The van der Waals surface area contributed by atoms with Gasteiger partial charge in [0.2, 0.25) is 0 Å². The summed E-state index contributed by atoms with van der Waals surface area (Å²) in [4.78, 5) is 7.91. The Kier molecular flexibility index (Phi) is 3.02. The molecule has 0 N–H and O–H groups in total. The van der Waals surface area contributed by atoms with Crippen LogP contribution in [-0.2, 0) is 0 Å². The van der Waals surface area contributed by atoms with Gasteiger partial charge in [-0.1, -0.05) is 0 Å². The fourth-order valence-corrected chi connectivity index (χ4v) is 4.43. The Bertz CT molecular complexity index is 478. The van der Waals surface area contributed by atoms with Crippen LogP contribution in [0, 0.1) is 6.92 Å². The zero-order valence-electron chi connectivity index (χ0n) is 8.15. The molecule has 0 unspecified atom stereocenters. The zero-order chi connectivity index (χ0) is 9.97. The third kappa shape index (κ3) is 2.06. The van der Waals surface area contributed by atoms with E-state index in [9.17, 15) is 0 Å². The number of rotatable bonds is 1. The summed E-state index contributed by atoms with van der Waals surface area (Å²) in [6.45, 7) is 2.11. The van der Waals surface area contributed by atoms with Crippen molar-refractivity contribution >= 4 is 25.8 Å². The van der Waals surface area contributed by atoms with Crippen LogP contribution >= 0.6 is 11.3 Å². The predicted molar refractivity (Wildman–Crippen MR) is 62.9 cm³/mol. The topological polar surface area (TPSA) is 12.4 Å². The molecule has 2 aromatic rings. The van der Waals surface area contributed by atoms with E-state index in [2.05, 4.69) is 41.1 Å². The van der Waals surface area contributed by atoms with Gasteiger partial charge in [0, 0.05) is 0 Å². The van der Waals surface area contributed by atoms with Crippen molar-refractivity contribution in [1.82, 2.24) is 0 Å². The normalized spacial score (nSPS) is 12.0. The standard InChI is InChI=1S/C11H11NSSe/c1-8-3-5-9(6-4-8)10-7-14-11(12-2)13-10/h3-7H,1-2H3. The van der Waals surface area contributed by atoms with Crippen LogP contribution in [0.25, 0.3) is 10.4 Å². The first-order valence-corrected chi connectivity index (χ1v) is 7.04. The Morgan fingerprint density at radius 3 is 2.50 bits per heavy atom. The number of nitrogens with zero attached hydrogens (tertiary/aromatic N) is 1. The summed E-state index contributed by atoms with van der Waals surface area (Å²) in [7, 11) is 1.87. The van der Waals surface area contributed by atoms with Crippen LogP contribution in [0.15, 0.2) is 34.2 Å².